The van der Waals surface area contributed by atoms with Gasteiger partial charge in [-0.25, -0.2) is 9.37 Å². The predicted octanol–water partition coefficient (Wildman–Crippen LogP) is 6.46. The van der Waals surface area contributed by atoms with Crippen LogP contribution in [0.4, 0.5) is 10.1 Å². The van der Waals surface area contributed by atoms with Crippen LogP contribution >= 0.6 is 0 Å². The molecule has 0 spiro atoms. The Bertz CT molecular complexity index is 1370. The van der Waals surface area contributed by atoms with E-state index < -0.39 is 0 Å². The van der Waals surface area contributed by atoms with Crippen molar-refractivity contribution in [3.63, 3.8) is 0 Å². The van der Waals surface area contributed by atoms with Gasteiger partial charge < -0.3 is 14.2 Å². The number of carbonyl (C=O) groups is 1. The van der Waals surface area contributed by atoms with E-state index in [1.54, 1.807) is 23.1 Å². The molecule has 1 aliphatic rings. The van der Waals surface area contributed by atoms with Crippen molar-refractivity contribution >= 4 is 22.6 Å². The Morgan fingerprint density at radius 3 is 2.47 bits per heavy atom. The zero-order valence-corrected chi connectivity index (χ0v) is 21.1. The average Bonchev–Trinajstić information content (AvgIpc) is 3.42. The minimum absolute atomic E-state index is 0.0780. The van der Waals surface area contributed by atoms with E-state index in [1.165, 1.54) is 11.6 Å². The van der Waals surface area contributed by atoms with E-state index in [0.29, 0.717) is 25.3 Å². The van der Waals surface area contributed by atoms with Gasteiger partial charge in [0.05, 0.1) is 23.3 Å². The first kappa shape index (κ1) is 24.0. The Morgan fingerprint density at radius 2 is 1.72 bits per heavy atom. The smallest absolute Gasteiger partial charge is 0.227 e. The van der Waals surface area contributed by atoms with Gasteiger partial charge in [-0.2, -0.15) is 0 Å². The van der Waals surface area contributed by atoms with E-state index >= 15 is 0 Å². The lowest BCUT2D eigenvalue weighted by Gasteiger charge is -2.19. The molecule has 186 valence electrons. The number of rotatable bonds is 7. The van der Waals surface area contributed by atoms with Crippen LogP contribution in [0, 0.1) is 5.82 Å². The molecule has 3 aromatic carbocycles. The lowest BCUT2D eigenvalue weighted by atomic mass is 9.87. The molecule has 1 amide bonds. The van der Waals surface area contributed by atoms with Crippen LogP contribution in [-0.4, -0.2) is 28.6 Å². The zero-order chi connectivity index (χ0) is 25.3. The summed E-state index contributed by atoms with van der Waals surface area (Å²) in [5, 5.41) is 0. The summed E-state index contributed by atoms with van der Waals surface area (Å²) in [6.45, 7) is 8.31. The fourth-order valence-corrected chi connectivity index (χ4v) is 4.89. The van der Waals surface area contributed by atoms with Gasteiger partial charge in [0.25, 0.3) is 0 Å². The van der Waals surface area contributed by atoms with E-state index in [0.717, 1.165) is 35.6 Å². The monoisotopic (exact) mass is 485 g/mol. The van der Waals surface area contributed by atoms with Crippen molar-refractivity contribution in [3.8, 4) is 5.75 Å². The highest BCUT2D eigenvalue weighted by Crippen LogP contribution is 2.34. The maximum Gasteiger partial charge on any atom is 0.227 e. The van der Waals surface area contributed by atoms with Crippen LogP contribution < -0.4 is 9.64 Å². The van der Waals surface area contributed by atoms with Crippen molar-refractivity contribution in [1.29, 1.82) is 0 Å². The first-order chi connectivity index (χ1) is 17.3. The molecule has 1 atom stereocenters. The molecule has 36 heavy (non-hydrogen) atoms. The molecule has 2 heterocycles. The van der Waals surface area contributed by atoms with E-state index in [1.807, 2.05) is 30.3 Å². The highest BCUT2D eigenvalue weighted by Gasteiger charge is 2.35. The minimum Gasteiger partial charge on any atom is -0.494 e. The Morgan fingerprint density at radius 1 is 1.00 bits per heavy atom. The van der Waals surface area contributed by atoms with Crippen LogP contribution in [0.15, 0.2) is 72.8 Å². The molecule has 0 N–H and O–H groups in total. The molecule has 0 bridgehead atoms. The summed E-state index contributed by atoms with van der Waals surface area (Å²) in [5.74, 6) is 1.17. The number of carbonyl (C=O) groups excluding carboxylic acids is 1. The third-order valence-electron chi connectivity index (χ3n) is 6.83. The third-order valence-corrected chi connectivity index (χ3v) is 6.83. The van der Waals surface area contributed by atoms with Gasteiger partial charge in [0.2, 0.25) is 5.91 Å². The topological polar surface area (TPSA) is 47.4 Å². The normalized spacial score (nSPS) is 16.2. The van der Waals surface area contributed by atoms with Crippen molar-refractivity contribution in [3.05, 3.63) is 90.0 Å². The van der Waals surface area contributed by atoms with E-state index in [4.69, 9.17) is 9.72 Å². The quantitative estimate of drug-likeness (QED) is 0.282. The number of anilines is 1. The number of aromatic nitrogens is 2. The SMILES string of the molecule is CC(C)(C)c1ccc(OCCCn2c(C3CC(=O)N(c4ccccc4F)C3)nc3ccccc32)cc1. The molecule has 4 aromatic rings. The second-order valence-electron chi connectivity index (χ2n) is 10.4. The van der Waals surface area contributed by atoms with E-state index in [2.05, 4.69) is 43.5 Å². The molecular weight excluding hydrogens is 453 g/mol. The van der Waals surface area contributed by atoms with Crippen molar-refractivity contribution in [2.24, 2.45) is 0 Å². The molecule has 5 nitrogen and oxygen atoms in total. The average molecular weight is 486 g/mol. The summed E-state index contributed by atoms with van der Waals surface area (Å²) in [6, 6.07) is 22.8. The summed E-state index contributed by atoms with van der Waals surface area (Å²) >= 11 is 0. The van der Waals surface area contributed by atoms with Crippen molar-refractivity contribution < 1.29 is 13.9 Å². The predicted molar refractivity (Wildman–Crippen MR) is 141 cm³/mol. The van der Waals surface area contributed by atoms with Crippen LogP contribution in [0.5, 0.6) is 5.75 Å². The number of fused-ring (bicyclic) bond motifs is 1. The number of halogens is 1. The van der Waals surface area contributed by atoms with Crippen molar-refractivity contribution in [2.75, 3.05) is 18.1 Å². The lowest BCUT2D eigenvalue weighted by molar-refractivity contribution is -0.117. The van der Waals surface area contributed by atoms with Crippen molar-refractivity contribution in [2.45, 2.75) is 51.5 Å². The van der Waals surface area contributed by atoms with Crippen LogP contribution in [0.3, 0.4) is 0 Å². The van der Waals surface area contributed by atoms with Crippen LogP contribution in [0.2, 0.25) is 0 Å². The van der Waals surface area contributed by atoms with Gasteiger partial charge in [0.1, 0.15) is 17.4 Å². The number of aryl methyl sites for hydroxylation is 1. The largest absolute Gasteiger partial charge is 0.494 e. The summed E-state index contributed by atoms with van der Waals surface area (Å²) in [6.07, 6.45) is 1.11. The molecular formula is C30H32FN3O2. The highest BCUT2D eigenvalue weighted by atomic mass is 19.1. The molecule has 6 heteroatoms. The number of hydrogen-bond acceptors (Lipinski definition) is 3. The van der Waals surface area contributed by atoms with Crippen molar-refractivity contribution in [1.82, 2.24) is 9.55 Å². The Labute approximate surface area is 211 Å². The fourth-order valence-electron chi connectivity index (χ4n) is 4.89. The van der Waals surface area contributed by atoms with E-state index in [9.17, 15) is 9.18 Å². The van der Waals surface area contributed by atoms with Gasteiger partial charge in [-0.05, 0) is 53.8 Å². The second kappa shape index (κ2) is 9.76. The van der Waals surface area contributed by atoms with Gasteiger partial charge in [0.15, 0.2) is 0 Å². The van der Waals surface area contributed by atoms with E-state index in [-0.39, 0.29) is 23.1 Å². The number of nitrogens with zero attached hydrogens (tertiary/aromatic N) is 3. The summed E-state index contributed by atoms with van der Waals surface area (Å²) in [4.78, 5) is 19.3. The number of hydrogen-bond donors (Lipinski definition) is 0. The van der Waals surface area contributed by atoms with Crippen LogP contribution in [-0.2, 0) is 16.8 Å². The summed E-state index contributed by atoms with van der Waals surface area (Å²) in [5.41, 5.74) is 3.67. The first-order valence-corrected chi connectivity index (χ1v) is 12.5. The maximum absolute atomic E-state index is 14.4. The summed E-state index contributed by atoms with van der Waals surface area (Å²) in [7, 11) is 0. The van der Waals surface area contributed by atoms with Gasteiger partial charge in [-0.3, -0.25) is 4.79 Å². The number of para-hydroxylation sites is 3. The second-order valence-corrected chi connectivity index (χ2v) is 10.4. The Balaban J connectivity index is 1.30. The van der Waals surface area contributed by atoms with Crippen LogP contribution in [0.25, 0.3) is 11.0 Å². The number of ether oxygens (including phenoxy) is 1. The lowest BCUT2D eigenvalue weighted by Crippen LogP contribution is -2.25. The molecule has 0 radical (unpaired) electrons. The fraction of sp³-hybridized carbons (Fsp3) is 0.333. The van der Waals surface area contributed by atoms with Gasteiger partial charge in [0, 0.05) is 25.4 Å². The molecule has 0 saturated carbocycles. The minimum atomic E-state index is -0.382. The zero-order valence-electron chi connectivity index (χ0n) is 21.1. The third kappa shape index (κ3) is 4.85. The molecule has 0 aliphatic carbocycles. The molecule has 1 saturated heterocycles. The molecule has 1 aliphatic heterocycles. The molecule has 1 aromatic heterocycles. The Kier molecular flexibility index (Phi) is 6.52. The first-order valence-electron chi connectivity index (χ1n) is 12.5. The number of benzene rings is 3. The van der Waals surface area contributed by atoms with Crippen LogP contribution in [0.1, 0.15) is 50.9 Å². The highest BCUT2D eigenvalue weighted by molar-refractivity contribution is 5.96. The van der Waals surface area contributed by atoms with Gasteiger partial charge in [-0.15, -0.1) is 0 Å². The Hall–Kier alpha value is -3.67. The molecule has 1 unspecified atom stereocenters. The summed E-state index contributed by atoms with van der Waals surface area (Å²) < 4.78 is 22.6. The molecule has 1 fully saturated rings. The van der Waals surface area contributed by atoms with Gasteiger partial charge >= 0.3 is 0 Å². The number of imidazole rings is 1. The standard InChI is InChI=1S/C30H32FN3O2/c1-30(2,3)22-13-15-23(16-14-22)36-18-8-17-33-27-12-7-5-10-25(27)32-29(33)21-19-28(35)34(20-21)26-11-6-4-9-24(26)31/h4-7,9-16,21H,8,17-20H2,1-3H3. The number of amides is 1. The van der Waals surface area contributed by atoms with Gasteiger partial charge in [-0.1, -0.05) is 57.2 Å². The molecule has 5 rings (SSSR count). The maximum atomic E-state index is 14.4.